The third kappa shape index (κ3) is 4.33. The number of ether oxygens (including phenoxy) is 1. The number of hydrazone groups is 1. The van der Waals surface area contributed by atoms with E-state index in [0.717, 1.165) is 28.4 Å². The lowest BCUT2D eigenvalue weighted by Crippen LogP contribution is -2.37. The number of benzene rings is 3. The van der Waals surface area contributed by atoms with E-state index < -0.39 is 18.0 Å². The summed E-state index contributed by atoms with van der Waals surface area (Å²) in [4.78, 5) is 37.9. The lowest BCUT2D eigenvalue weighted by molar-refractivity contribution is -0.146. The molecule has 8 nitrogen and oxygen atoms in total. The topological polar surface area (TPSA) is 93.0 Å². The lowest BCUT2D eigenvalue weighted by atomic mass is 10.1. The molecule has 36 heavy (non-hydrogen) atoms. The highest BCUT2D eigenvalue weighted by Gasteiger charge is 2.28. The molecule has 1 aromatic heterocycles. The first-order valence-corrected chi connectivity index (χ1v) is 11.9. The number of rotatable bonds is 6. The Morgan fingerprint density at radius 1 is 0.972 bits per heavy atom. The molecule has 5 rings (SSSR count). The fraction of sp³-hybridized carbons (Fsp3) is 0.214. The molecule has 2 amide bonds. The van der Waals surface area contributed by atoms with Gasteiger partial charge in [0.1, 0.15) is 5.71 Å². The summed E-state index contributed by atoms with van der Waals surface area (Å²) in [7, 11) is 0. The number of carbonyl (C=O) groups excluding carboxylic acids is 3. The van der Waals surface area contributed by atoms with Crippen molar-refractivity contribution in [2.24, 2.45) is 5.10 Å². The zero-order chi connectivity index (χ0) is 25.2. The standard InChI is InChI=1S/C28H26N4O4/c1-3-31-24-12-8-7-11-21(24)22-17-19(13-15-25(22)31)29-27(34)18(2)36-28(35)23-14-16-26(33)32(30-23)20-9-5-4-6-10-20/h4-13,15,17-18H,3,14,16H2,1-2H3,(H,29,34)/t18-/m0/s1. The van der Waals surface area contributed by atoms with Crippen molar-refractivity contribution in [3.63, 3.8) is 0 Å². The Balaban J connectivity index is 1.30. The summed E-state index contributed by atoms with van der Waals surface area (Å²) in [6.07, 6.45) is -0.752. The normalized spacial score (nSPS) is 14.6. The number of nitrogens with one attached hydrogen (secondary N) is 1. The van der Waals surface area contributed by atoms with Crippen LogP contribution in [0.3, 0.4) is 0 Å². The van der Waals surface area contributed by atoms with E-state index in [0.29, 0.717) is 11.4 Å². The van der Waals surface area contributed by atoms with Crippen LogP contribution in [0.25, 0.3) is 21.8 Å². The van der Waals surface area contributed by atoms with Crippen molar-refractivity contribution < 1.29 is 19.1 Å². The van der Waals surface area contributed by atoms with E-state index in [1.54, 1.807) is 24.3 Å². The first-order valence-electron chi connectivity index (χ1n) is 11.9. The number of amides is 2. The van der Waals surface area contributed by atoms with Gasteiger partial charge in [0.25, 0.3) is 5.91 Å². The number of carbonyl (C=O) groups is 3. The molecule has 1 N–H and O–H groups in total. The predicted molar refractivity (Wildman–Crippen MR) is 140 cm³/mol. The summed E-state index contributed by atoms with van der Waals surface area (Å²) < 4.78 is 7.63. The fourth-order valence-corrected chi connectivity index (χ4v) is 4.47. The average molecular weight is 483 g/mol. The van der Waals surface area contributed by atoms with E-state index in [-0.39, 0.29) is 24.5 Å². The Morgan fingerprint density at radius 3 is 2.47 bits per heavy atom. The second-order valence-corrected chi connectivity index (χ2v) is 8.62. The van der Waals surface area contributed by atoms with Crippen LogP contribution in [0.5, 0.6) is 0 Å². The Bertz CT molecular complexity index is 1510. The van der Waals surface area contributed by atoms with Crippen molar-refractivity contribution in [2.45, 2.75) is 39.3 Å². The van der Waals surface area contributed by atoms with Gasteiger partial charge in [-0.2, -0.15) is 5.10 Å². The molecular weight excluding hydrogens is 456 g/mol. The Labute approximate surface area is 208 Å². The Kier molecular flexibility index (Phi) is 6.25. The molecule has 8 heteroatoms. The molecule has 1 aliphatic heterocycles. The molecule has 0 saturated heterocycles. The predicted octanol–water partition coefficient (Wildman–Crippen LogP) is 4.87. The number of para-hydroxylation sites is 2. The van der Waals surface area contributed by atoms with Crippen LogP contribution in [-0.4, -0.2) is 34.2 Å². The number of aromatic nitrogens is 1. The van der Waals surface area contributed by atoms with Gasteiger partial charge in [0.15, 0.2) is 6.10 Å². The van der Waals surface area contributed by atoms with E-state index >= 15 is 0 Å². The largest absolute Gasteiger partial charge is 0.448 e. The minimum Gasteiger partial charge on any atom is -0.448 e. The van der Waals surface area contributed by atoms with Gasteiger partial charge in [-0.15, -0.1) is 0 Å². The van der Waals surface area contributed by atoms with Gasteiger partial charge < -0.3 is 14.6 Å². The highest BCUT2D eigenvalue weighted by molar-refractivity contribution is 6.38. The quantitative estimate of drug-likeness (QED) is 0.397. The molecule has 2 heterocycles. The summed E-state index contributed by atoms with van der Waals surface area (Å²) in [5.41, 5.74) is 3.51. The van der Waals surface area contributed by atoms with Gasteiger partial charge in [-0.1, -0.05) is 36.4 Å². The minimum atomic E-state index is -1.05. The second-order valence-electron chi connectivity index (χ2n) is 8.62. The van der Waals surface area contributed by atoms with Gasteiger partial charge in [0.05, 0.1) is 5.69 Å². The second kappa shape index (κ2) is 9.65. The monoisotopic (exact) mass is 482 g/mol. The molecule has 0 spiro atoms. The number of anilines is 2. The number of nitrogens with zero attached hydrogens (tertiary/aromatic N) is 3. The summed E-state index contributed by atoms with van der Waals surface area (Å²) in [5, 5.41) is 10.4. The molecule has 4 aromatic rings. The van der Waals surface area contributed by atoms with Crippen LogP contribution >= 0.6 is 0 Å². The van der Waals surface area contributed by atoms with Crippen molar-refractivity contribution in [1.82, 2.24) is 4.57 Å². The van der Waals surface area contributed by atoms with Crippen molar-refractivity contribution >= 4 is 56.7 Å². The highest BCUT2D eigenvalue weighted by atomic mass is 16.5. The van der Waals surface area contributed by atoms with Crippen molar-refractivity contribution in [1.29, 1.82) is 0 Å². The third-order valence-electron chi connectivity index (χ3n) is 6.28. The number of hydrogen-bond acceptors (Lipinski definition) is 5. The van der Waals surface area contributed by atoms with Crippen LogP contribution in [0.2, 0.25) is 0 Å². The van der Waals surface area contributed by atoms with Crippen LogP contribution in [0.15, 0.2) is 77.9 Å². The SMILES string of the molecule is CCn1c2ccccc2c2cc(NC(=O)[C@H](C)OC(=O)C3=NN(c4ccccc4)C(=O)CC3)ccc21. The molecular formula is C28H26N4O4. The lowest BCUT2D eigenvalue weighted by Gasteiger charge is -2.23. The van der Waals surface area contributed by atoms with Gasteiger partial charge in [0, 0.05) is 46.9 Å². The summed E-state index contributed by atoms with van der Waals surface area (Å²) in [6.45, 7) is 4.45. The van der Waals surface area contributed by atoms with Gasteiger partial charge in [-0.3, -0.25) is 9.59 Å². The van der Waals surface area contributed by atoms with Crippen LogP contribution < -0.4 is 10.3 Å². The zero-order valence-electron chi connectivity index (χ0n) is 20.1. The van der Waals surface area contributed by atoms with Gasteiger partial charge in [0.2, 0.25) is 5.91 Å². The molecule has 0 unspecified atom stereocenters. The smallest absolute Gasteiger partial charge is 0.355 e. The number of esters is 1. The first-order chi connectivity index (χ1) is 17.5. The van der Waals surface area contributed by atoms with Crippen LogP contribution in [-0.2, 0) is 25.7 Å². The summed E-state index contributed by atoms with van der Waals surface area (Å²) in [6, 6.07) is 22.8. The van der Waals surface area contributed by atoms with E-state index in [2.05, 4.69) is 34.0 Å². The molecule has 0 radical (unpaired) electrons. The highest BCUT2D eigenvalue weighted by Crippen LogP contribution is 2.31. The van der Waals surface area contributed by atoms with Crippen molar-refractivity contribution in [2.75, 3.05) is 10.3 Å². The molecule has 0 saturated carbocycles. The van der Waals surface area contributed by atoms with E-state index in [1.807, 2.05) is 36.4 Å². The third-order valence-corrected chi connectivity index (χ3v) is 6.28. The maximum atomic E-state index is 12.8. The van der Waals surface area contributed by atoms with Crippen LogP contribution in [0.1, 0.15) is 26.7 Å². The Morgan fingerprint density at radius 2 is 1.69 bits per heavy atom. The Hall–Kier alpha value is -4.46. The number of hydrogen-bond donors (Lipinski definition) is 1. The maximum Gasteiger partial charge on any atom is 0.355 e. The minimum absolute atomic E-state index is 0.104. The van der Waals surface area contributed by atoms with Gasteiger partial charge >= 0.3 is 5.97 Å². The average Bonchev–Trinajstić information content (AvgIpc) is 3.22. The number of aryl methyl sites for hydroxylation is 1. The van der Waals surface area contributed by atoms with E-state index in [1.165, 1.54) is 11.9 Å². The maximum absolute atomic E-state index is 12.8. The van der Waals surface area contributed by atoms with Gasteiger partial charge in [-0.25, -0.2) is 9.80 Å². The molecule has 0 bridgehead atoms. The van der Waals surface area contributed by atoms with E-state index in [9.17, 15) is 14.4 Å². The molecule has 3 aromatic carbocycles. The van der Waals surface area contributed by atoms with Crippen molar-refractivity contribution in [3.8, 4) is 0 Å². The van der Waals surface area contributed by atoms with Crippen molar-refractivity contribution in [3.05, 3.63) is 72.8 Å². The summed E-state index contributed by atoms with van der Waals surface area (Å²) >= 11 is 0. The zero-order valence-corrected chi connectivity index (χ0v) is 20.1. The molecule has 0 aliphatic carbocycles. The van der Waals surface area contributed by atoms with E-state index in [4.69, 9.17) is 4.74 Å². The van der Waals surface area contributed by atoms with Crippen LogP contribution in [0, 0.1) is 0 Å². The van der Waals surface area contributed by atoms with Gasteiger partial charge in [-0.05, 0) is 50.2 Å². The van der Waals surface area contributed by atoms with Crippen LogP contribution in [0.4, 0.5) is 11.4 Å². The molecule has 0 fully saturated rings. The first kappa shape index (κ1) is 23.3. The molecule has 1 aliphatic rings. The molecule has 182 valence electrons. The summed E-state index contributed by atoms with van der Waals surface area (Å²) in [5.74, 6) is -1.37. The number of fused-ring (bicyclic) bond motifs is 3. The molecule has 1 atom stereocenters. The fourth-order valence-electron chi connectivity index (χ4n) is 4.47.